The molecule has 0 atom stereocenters. The molecule has 0 bridgehead atoms. The van der Waals surface area contributed by atoms with Crippen molar-refractivity contribution < 1.29 is 17.9 Å². The van der Waals surface area contributed by atoms with Crippen molar-refractivity contribution in [1.82, 2.24) is 4.90 Å². The average molecular weight is 429 g/mol. The predicted molar refractivity (Wildman–Crippen MR) is 105 cm³/mol. The van der Waals surface area contributed by atoms with Crippen molar-refractivity contribution >= 4 is 44.8 Å². The van der Waals surface area contributed by atoms with E-state index in [1.54, 1.807) is 11.0 Å². The molecule has 0 aromatic heterocycles. The van der Waals surface area contributed by atoms with Crippen molar-refractivity contribution in [2.45, 2.75) is 4.90 Å². The molecule has 1 fully saturated rings. The van der Waals surface area contributed by atoms with Gasteiger partial charge in [-0.15, -0.1) is 0 Å². The lowest BCUT2D eigenvalue weighted by molar-refractivity contribution is 0.0303. The molecule has 3 rings (SSSR count). The summed E-state index contributed by atoms with van der Waals surface area (Å²) in [5.74, 6) is -0.248. The summed E-state index contributed by atoms with van der Waals surface area (Å²) < 4.78 is 32.1. The van der Waals surface area contributed by atoms with E-state index in [4.69, 9.17) is 27.9 Å². The predicted octanol–water partition coefficient (Wildman–Crippen LogP) is 3.29. The molecule has 0 spiro atoms. The summed E-state index contributed by atoms with van der Waals surface area (Å²) >= 11 is 12.0. The number of anilines is 1. The van der Waals surface area contributed by atoms with Crippen molar-refractivity contribution in [1.29, 1.82) is 0 Å². The minimum Gasteiger partial charge on any atom is -0.378 e. The molecular weight excluding hydrogens is 411 g/mol. The van der Waals surface area contributed by atoms with E-state index in [1.165, 1.54) is 43.4 Å². The molecule has 1 saturated heterocycles. The molecule has 1 aliphatic heterocycles. The van der Waals surface area contributed by atoms with Crippen LogP contribution in [0.5, 0.6) is 0 Å². The van der Waals surface area contributed by atoms with Gasteiger partial charge in [0.1, 0.15) is 0 Å². The Labute approximate surface area is 168 Å². The highest BCUT2D eigenvalue weighted by atomic mass is 35.5. The van der Waals surface area contributed by atoms with Crippen LogP contribution in [0.2, 0.25) is 10.0 Å². The normalized spacial score (nSPS) is 14.9. The van der Waals surface area contributed by atoms with Crippen molar-refractivity contribution in [2.24, 2.45) is 0 Å². The number of nitrogens with zero attached hydrogens (tertiary/aromatic N) is 2. The third-order valence-electron chi connectivity index (χ3n) is 4.31. The summed E-state index contributed by atoms with van der Waals surface area (Å²) in [7, 11) is -2.38. The highest BCUT2D eigenvalue weighted by Crippen LogP contribution is 2.28. The molecule has 0 saturated carbocycles. The lowest BCUT2D eigenvalue weighted by Crippen LogP contribution is -2.40. The summed E-state index contributed by atoms with van der Waals surface area (Å²) in [5.41, 5.74) is 0.597. The summed E-state index contributed by atoms with van der Waals surface area (Å²) in [5, 5.41) is 0.717. The fourth-order valence-corrected chi connectivity index (χ4v) is 4.22. The van der Waals surface area contributed by atoms with E-state index >= 15 is 0 Å². The van der Waals surface area contributed by atoms with Gasteiger partial charge in [-0.05, 0) is 42.5 Å². The number of halogens is 2. The monoisotopic (exact) mass is 428 g/mol. The van der Waals surface area contributed by atoms with E-state index in [-0.39, 0.29) is 21.4 Å². The number of benzene rings is 2. The maximum Gasteiger partial charge on any atom is 0.264 e. The standard InChI is InChI=1S/C18H18Cl2N2O4S/c1-21(27(24,25)15-5-2-13(19)3-6-15)14-4-7-17(20)16(12-14)18(23)22-8-10-26-11-9-22/h2-7,12H,8-11H2,1H3. The number of carbonyl (C=O) groups excluding carboxylic acids is 1. The highest BCUT2D eigenvalue weighted by molar-refractivity contribution is 7.92. The van der Waals surface area contributed by atoms with Crippen LogP contribution in [0.1, 0.15) is 10.4 Å². The molecule has 0 radical (unpaired) electrons. The number of carbonyl (C=O) groups is 1. The molecule has 2 aromatic rings. The number of ether oxygens (including phenoxy) is 1. The fourth-order valence-electron chi connectivity index (χ4n) is 2.71. The maximum absolute atomic E-state index is 12.8. The first-order valence-corrected chi connectivity index (χ1v) is 10.4. The van der Waals surface area contributed by atoms with E-state index in [0.29, 0.717) is 37.0 Å². The van der Waals surface area contributed by atoms with Crippen LogP contribution in [0.25, 0.3) is 0 Å². The maximum atomic E-state index is 12.8. The lowest BCUT2D eigenvalue weighted by atomic mass is 10.1. The van der Waals surface area contributed by atoms with E-state index in [2.05, 4.69) is 0 Å². The molecule has 27 heavy (non-hydrogen) atoms. The zero-order chi connectivity index (χ0) is 19.6. The molecule has 0 unspecified atom stereocenters. The molecule has 1 heterocycles. The third kappa shape index (κ3) is 4.21. The van der Waals surface area contributed by atoms with Crippen LogP contribution in [0.15, 0.2) is 47.4 Å². The first-order chi connectivity index (χ1) is 12.8. The Balaban J connectivity index is 1.92. The first kappa shape index (κ1) is 19.9. The summed E-state index contributed by atoms with van der Waals surface area (Å²) in [4.78, 5) is 14.5. The van der Waals surface area contributed by atoms with Gasteiger partial charge in [0.25, 0.3) is 15.9 Å². The third-order valence-corrected chi connectivity index (χ3v) is 6.70. The Bertz CT molecular complexity index is 942. The average Bonchev–Trinajstić information content (AvgIpc) is 2.68. The van der Waals surface area contributed by atoms with Crippen LogP contribution in [0, 0.1) is 0 Å². The van der Waals surface area contributed by atoms with E-state index in [0.717, 1.165) is 4.31 Å². The number of hydrogen-bond donors (Lipinski definition) is 0. The Morgan fingerprint density at radius 2 is 1.70 bits per heavy atom. The molecule has 0 aliphatic carbocycles. The Hall–Kier alpha value is -1.80. The van der Waals surface area contributed by atoms with Gasteiger partial charge in [0, 0.05) is 25.2 Å². The van der Waals surface area contributed by atoms with Gasteiger partial charge in [-0.2, -0.15) is 0 Å². The summed E-state index contributed by atoms with van der Waals surface area (Å²) in [6.45, 7) is 1.87. The molecule has 144 valence electrons. The van der Waals surface area contributed by atoms with Crippen LogP contribution < -0.4 is 4.31 Å². The van der Waals surface area contributed by atoms with Crippen molar-refractivity contribution in [3.05, 3.63) is 58.1 Å². The number of morpholine rings is 1. The van der Waals surface area contributed by atoms with Gasteiger partial charge in [-0.25, -0.2) is 8.42 Å². The smallest absolute Gasteiger partial charge is 0.264 e. The summed E-state index contributed by atoms with van der Waals surface area (Å²) in [6, 6.07) is 10.5. The number of hydrogen-bond acceptors (Lipinski definition) is 4. The zero-order valence-electron chi connectivity index (χ0n) is 14.6. The second-order valence-corrected chi connectivity index (χ2v) is 8.81. The van der Waals surface area contributed by atoms with Gasteiger partial charge >= 0.3 is 0 Å². The minimum absolute atomic E-state index is 0.102. The molecule has 1 amide bonds. The van der Waals surface area contributed by atoms with Gasteiger partial charge in [-0.1, -0.05) is 23.2 Å². The van der Waals surface area contributed by atoms with Gasteiger partial charge in [0.05, 0.1) is 34.4 Å². The highest BCUT2D eigenvalue weighted by Gasteiger charge is 2.25. The molecule has 6 nitrogen and oxygen atoms in total. The number of rotatable bonds is 4. The molecule has 2 aromatic carbocycles. The second kappa shape index (κ2) is 8.06. The Kier molecular flexibility index (Phi) is 5.95. The number of sulfonamides is 1. The lowest BCUT2D eigenvalue weighted by Gasteiger charge is -2.27. The SMILES string of the molecule is CN(c1ccc(Cl)c(C(=O)N2CCOCC2)c1)S(=O)(=O)c1ccc(Cl)cc1. The van der Waals surface area contributed by atoms with Gasteiger partial charge in [0.2, 0.25) is 0 Å². The molecular formula is C18H18Cl2N2O4S. The quantitative estimate of drug-likeness (QED) is 0.748. The van der Waals surface area contributed by atoms with Gasteiger partial charge in [0.15, 0.2) is 0 Å². The summed E-state index contributed by atoms with van der Waals surface area (Å²) in [6.07, 6.45) is 0. The van der Waals surface area contributed by atoms with Crippen LogP contribution >= 0.6 is 23.2 Å². The topological polar surface area (TPSA) is 66.9 Å². The van der Waals surface area contributed by atoms with Crippen LogP contribution in [0.3, 0.4) is 0 Å². The fraction of sp³-hybridized carbons (Fsp3) is 0.278. The number of amides is 1. The Morgan fingerprint density at radius 3 is 2.33 bits per heavy atom. The van der Waals surface area contributed by atoms with E-state index in [1.807, 2.05) is 0 Å². The second-order valence-electron chi connectivity index (χ2n) is 6.00. The van der Waals surface area contributed by atoms with Crippen molar-refractivity contribution in [2.75, 3.05) is 37.7 Å². The Morgan fingerprint density at radius 1 is 1.07 bits per heavy atom. The zero-order valence-corrected chi connectivity index (χ0v) is 16.9. The minimum atomic E-state index is -3.80. The molecule has 1 aliphatic rings. The van der Waals surface area contributed by atoms with Crippen molar-refractivity contribution in [3.63, 3.8) is 0 Å². The largest absolute Gasteiger partial charge is 0.378 e. The molecule has 9 heteroatoms. The molecule has 0 N–H and O–H groups in total. The van der Waals surface area contributed by atoms with E-state index in [9.17, 15) is 13.2 Å². The van der Waals surface area contributed by atoms with Crippen LogP contribution in [-0.2, 0) is 14.8 Å². The van der Waals surface area contributed by atoms with Gasteiger partial charge < -0.3 is 9.64 Å². The van der Waals surface area contributed by atoms with Crippen molar-refractivity contribution in [3.8, 4) is 0 Å². The van der Waals surface area contributed by atoms with Crippen LogP contribution in [0.4, 0.5) is 5.69 Å². The first-order valence-electron chi connectivity index (χ1n) is 8.22. The van der Waals surface area contributed by atoms with Crippen LogP contribution in [-0.4, -0.2) is 52.6 Å². The van der Waals surface area contributed by atoms with Gasteiger partial charge in [-0.3, -0.25) is 9.10 Å². The van der Waals surface area contributed by atoms with E-state index < -0.39 is 10.0 Å².